The molecule has 0 aromatic carbocycles. The molecule has 0 spiro atoms. The number of halogens is 1. The van der Waals surface area contributed by atoms with Crippen LogP contribution in [0.2, 0.25) is 5.02 Å². The molecule has 0 saturated carbocycles. The molecular weight excluding hydrogens is 314 g/mol. The maximum Gasteiger partial charge on any atom is 0.278 e. The summed E-state index contributed by atoms with van der Waals surface area (Å²) in [4.78, 5) is 29.3. The maximum atomic E-state index is 12.2. The lowest BCUT2D eigenvalue weighted by Crippen LogP contribution is -2.35. The van der Waals surface area contributed by atoms with Crippen molar-refractivity contribution >= 4 is 40.5 Å². The van der Waals surface area contributed by atoms with E-state index in [2.05, 4.69) is 10.1 Å². The summed E-state index contributed by atoms with van der Waals surface area (Å²) in [5.41, 5.74) is -0.465. The highest BCUT2D eigenvalue weighted by Gasteiger charge is 2.36. The van der Waals surface area contributed by atoms with Crippen molar-refractivity contribution in [3.8, 4) is 11.8 Å². The van der Waals surface area contributed by atoms with Crippen molar-refractivity contribution in [1.82, 2.24) is 14.5 Å². The van der Waals surface area contributed by atoms with Gasteiger partial charge < -0.3 is 15.1 Å². The van der Waals surface area contributed by atoms with Gasteiger partial charge in [0.15, 0.2) is 5.71 Å². The fourth-order valence-corrected chi connectivity index (χ4v) is 2.04. The summed E-state index contributed by atoms with van der Waals surface area (Å²) in [6, 6.07) is 0. The highest BCUT2D eigenvalue weighted by Crippen LogP contribution is 2.43. The minimum atomic E-state index is -0.694. The first kappa shape index (κ1) is 15.8. The molecule has 9 nitrogen and oxygen atoms in total. The number of nitrogens with zero attached hydrogens (tertiary/aromatic N) is 5. The molecule has 10 heteroatoms. The van der Waals surface area contributed by atoms with Gasteiger partial charge in [-0.25, -0.2) is 10.0 Å². The lowest BCUT2D eigenvalue weighted by molar-refractivity contribution is -0.122. The zero-order chi connectivity index (χ0) is 16.8. The average Bonchev–Trinajstić information content (AvgIpc) is 2.84. The Hall–Kier alpha value is -2.55. The van der Waals surface area contributed by atoms with Gasteiger partial charge in [0.25, 0.3) is 11.7 Å². The summed E-state index contributed by atoms with van der Waals surface area (Å²) < 4.78 is 1.01. The Morgan fingerprint density at radius 1 is 1.27 bits per heavy atom. The fourth-order valence-electron chi connectivity index (χ4n) is 1.79. The molecule has 1 aromatic heterocycles. The van der Waals surface area contributed by atoms with E-state index in [0.717, 1.165) is 9.58 Å². The number of ketones is 1. The van der Waals surface area contributed by atoms with Gasteiger partial charge in [-0.15, -0.1) is 0 Å². The first-order valence-corrected chi connectivity index (χ1v) is 6.48. The summed E-state index contributed by atoms with van der Waals surface area (Å²) >= 11 is 5.86. The molecule has 1 aromatic rings. The number of likely N-dealkylation sites (N-methyl/N-ethyl adjacent to an activating group) is 1. The van der Waals surface area contributed by atoms with Gasteiger partial charge in [0.05, 0.1) is 0 Å². The van der Waals surface area contributed by atoms with Crippen LogP contribution in [0.4, 0.5) is 5.69 Å². The van der Waals surface area contributed by atoms with Crippen molar-refractivity contribution in [2.75, 3.05) is 21.1 Å². The molecule has 2 N–H and O–H groups in total. The molecule has 2 heterocycles. The van der Waals surface area contributed by atoms with E-state index in [-0.39, 0.29) is 22.3 Å². The van der Waals surface area contributed by atoms with E-state index in [9.17, 15) is 19.8 Å². The molecule has 0 saturated heterocycles. The number of hydrogen-bond donors (Lipinski definition) is 2. The van der Waals surface area contributed by atoms with Gasteiger partial charge in [-0.2, -0.15) is 5.10 Å². The van der Waals surface area contributed by atoms with Crippen LogP contribution in [-0.2, 0) is 16.6 Å². The number of hydrazone groups is 1. The van der Waals surface area contributed by atoms with Crippen LogP contribution < -0.4 is 0 Å². The number of carbonyl (C=O) groups excluding carboxylic acids is 2. The zero-order valence-electron chi connectivity index (χ0n) is 12.3. The molecule has 0 fully saturated rings. The fraction of sp³-hybridized carbons (Fsp3) is 0.333. The first-order valence-electron chi connectivity index (χ1n) is 6.10. The highest BCUT2D eigenvalue weighted by molar-refractivity contribution is 6.81. The number of carbonyl (C=O) groups is 2. The highest BCUT2D eigenvalue weighted by atomic mass is 35.5. The van der Waals surface area contributed by atoms with Crippen LogP contribution in [0, 0.1) is 0 Å². The Morgan fingerprint density at radius 2 is 1.86 bits per heavy atom. The van der Waals surface area contributed by atoms with E-state index in [1.165, 1.54) is 33.1 Å². The van der Waals surface area contributed by atoms with Crippen molar-refractivity contribution in [3.05, 3.63) is 5.02 Å². The van der Waals surface area contributed by atoms with Gasteiger partial charge in [0, 0.05) is 28.2 Å². The van der Waals surface area contributed by atoms with Crippen LogP contribution in [-0.4, -0.2) is 69.1 Å². The van der Waals surface area contributed by atoms with Gasteiger partial charge in [-0.1, -0.05) is 11.6 Å². The molecule has 1 aliphatic rings. The van der Waals surface area contributed by atoms with Gasteiger partial charge in [-0.3, -0.25) is 14.2 Å². The Morgan fingerprint density at radius 3 is 2.32 bits per heavy atom. The molecule has 1 amide bonds. The second-order valence-electron chi connectivity index (χ2n) is 4.81. The average molecular weight is 328 g/mol. The Balaban J connectivity index is 2.46. The largest absolute Gasteiger partial charge is 0.493 e. The molecule has 0 aliphatic carbocycles. The maximum absolute atomic E-state index is 12.2. The third kappa shape index (κ3) is 2.29. The standard InChI is InChI=1S/C12H14ClN5O4/c1-16(2)11(21)7-8(19)9(18(4)15-7)14-6-5(13)10(20)17(3)12(6)22/h20,22H,1-4H3. The number of rotatable bonds is 2. The molecule has 2 rings (SSSR count). The van der Waals surface area contributed by atoms with Crippen LogP contribution in [0.25, 0.3) is 0 Å². The summed E-state index contributed by atoms with van der Waals surface area (Å²) in [5, 5.41) is 24.2. The molecule has 118 valence electrons. The smallest absolute Gasteiger partial charge is 0.278 e. The van der Waals surface area contributed by atoms with Gasteiger partial charge in [0.1, 0.15) is 10.7 Å². The van der Waals surface area contributed by atoms with Gasteiger partial charge >= 0.3 is 0 Å². The van der Waals surface area contributed by atoms with Crippen molar-refractivity contribution < 1.29 is 19.8 Å². The monoisotopic (exact) mass is 327 g/mol. The van der Waals surface area contributed by atoms with Crippen LogP contribution in [0.3, 0.4) is 0 Å². The number of aromatic hydroxyl groups is 2. The number of hydrogen-bond acceptors (Lipinski definition) is 6. The van der Waals surface area contributed by atoms with Crippen LogP contribution in [0.15, 0.2) is 10.1 Å². The Labute approximate surface area is 130 Å². The molecule has 0 bridgehead atoms. The van der Waals surface area contributed by atoms with Gasteiger partial charge in [0.2, 0.25) is 17.6 Å². The molecule has 1 aliphatic heterocycles. The van der Waals surface area contributed by atoms with E-state index < -0.39 is 23.5 Å². The normalized spacial score (nSPS) is 16.4. The predicted octanol–water partition coefficient (Wildman–Crippen LogP) is 0.0784. The topological polar surface area (TPSA) is 111 Å². The number of Topliss-reactive ketones (excluding diaryl/α,β-unsaturated/α-hetero) is 1. The predicted molar refractivity (Wildman–Crippen MR) is 79.7 cm³/mol. The number of amides is 1. The number of amidine groups is 1. The van der Waals surface area contributed by atoms with Gasteiger partial charge in [-0.05, 0) is 0 Å². The minimum Gasteiger partial charge on any atom is -0.493 e. The number of aliphatic imine (C=N–C) groups is 1. The molecule has 0 atom stereocenters. The lowest BCUT2D eigenvalue weighted by atomic mass is 10.2. The van der Waals surface area contributed by atoms with E-state index in [0.29, 0.717) is 0 Å². The van der Waals surface area contributed by atoms with Crippen molar-refractivity contribution in [2.24, 2.45) is 17.1 Å². The third-order valence-corrected chi connectivity index (χ3v) is 3.40. The van der Waals surface area contributed by atoms with E-state index in [1.54, 1.807) is 0 Å². The molecule has 0 radical (unpaired) electrons. The Kier molecular flexibility index (Phi) is 3.84. The SMILES string of the molecule is CN(C)C(=O)C1=NN(C)C(=Nc2c(Cl)c(O)n(C)c2O)C1=O. The van der Waals surface area contributed by atoms with Crippen LogP contribution >= 0.6 is 11.6 Å². The molecule has 22 heavy (non-hydrogen) atoms. The summed E-state index contributed by atoms with van der Waals surface area (Å²) in [6.45, 7) is 0. The molecule has 0 unspecified atom stereocenters. The minimum absolute atomic E-state index is 0.175. The molecular formula is C12H14ClN5O4. The quantitative estimate of drug-likeness (QED) is 0.799. The first-order chi connectivity index (χ1) is 10.2. The van der Waals surface area contributed by atoms with Crippen LogP contribution in [0.1, 0.15) is 0 Å². The third-order valence-electron chi connectivity index (χ3n) is 3.05. The van der Waals surface area contributed by atoms with Crippen molar-refractivity contribution in [1.29, 1.82) is 0 Å². The van der Waals surface area contributed by atoms with E-state index in [1.807, 2.05) is 0 Å². The lowest BCUT2D eigenvalue weighted by Gasteiger charge is -2.07. The summed E-state index contributed by atoms with van der Waals surface area (Å²) in [7, 11) is 5.79. The van der Waals surface area contributed by atoms with Crippen molar-refractivity contribution in [3.63, 3.8) is 0 Å². The van der Waals surface area contributed by atoms with E-state index in [4.69, 9.17) is 11.6 Å². The van der Waals surface area contributed by atoms with Crippen molar-refractivity contribution in [2.45, 2.75) is 0 Å². The Bertz CT molecular complexity index is 709. The summed E-state index contributed by atoms with van der Waals surface area (Å²) in [6.07, 6.45) is 0. The zero-order valence-corrected chi connectivity index (χ0v) is 13.1. The summed E-state index contributed by atoms with van der Waals surface area (Å²) in [5.74, 6) is -2.25. The second kappa shape index (κ2) is 5.34. The van der Waals surface area contributed by atoms with E-state index >= 15 is 0 Å². The number of aromatic nitrogens is 1. The van der Waals surface area contributed by atoms with Crippen LogP contribution in [0.5, 0.6) is 11.8 Å². The second-order valence-corrected chi connectivity index (χ2v) is 5.18.